The maximum atomic E-state index is 12.4. The van der Waals surface area contributed by atoms with E-state index in [0.717, 1.165) is 30.6 Å². The second kappa shape index (κ2) is 8.92. The molecule has 0 unspecified atom stereocenters. The van der Waals surface area contributed by atoms with Crippen molar-refractivity contribution in [3.8, 4) is 5.75 Å². The van der Waals surface area contributed by atoms with Gasteiger partial charge in [0.1, 0.15) is 5.75 Å². The fraction of sp³-hybridized carbons (Fsp3) is 0.600. The predicted octanol–water partition coefficient (Wildman–Crippen LogP) is 2.42. The summed E-state index contributed by atoms with van der Waals surface area (Å²) < 4.78 is 5.15. The summed E-state index contributed by atoms with van der Waals surface area (Å²) in [5.74, 6) is 0.990. The number of nitrogens with one attached hydrogen (secondary N) is 1. The van der Waals surface area contributed by atoms with Crippen molar-refractivity contribution >= 4 is 11.9 Å². The zero-order valence-electron chi connectivity index (χ0n) is 15.6. The number of piperazine rings is 1. The van der Waals surface area contributed by atoms with Gasteiger partial charge in [0.05, 0.1) is 7.11 Å². The Morgan fingerprint density at radius 1 is 1.04 bits per heavy atom. The van der Waals surface area contributed by atoms with E-state index in [2.05, 4.69) is 5.32 Å². The average molecular weight is 359 g/mol. The monoisotopic (exact) mass is 359 g/mol. The molecule has 0 radical (unpaired) electrons. The van der Waals surface area contributed by atoms with Gasteiger partial charge in [0, 0.05) is 38.6 Å². The molecule has 6 heteroatoms. The number of hydrogen-bond donors (Lipinski definition) is 1. The Kier molecular flexibility index (Phi) is 6.36. The molecule has 1 saturated carbocycles. The van der Waals surface area contributed by atoms with Gasteiger partial charge >= 0.3 is 6.03 Å². The van der Waals surface area contributed by atoms with Crippen molar-refractivity contribution in [2.45, 2.75) is 44.6 Å². The van der Waals surface area contributed by atoms with Crippen molar-refractivity contribution in [1.82, 2.24) is 15.1 Å². The third-order valence-corrected chi connectivity index (χ3v) is 5.39. The highest BCUT2D eigenvalue weighted by Gasteiger charge is 2.26. The normalized spacial score (nSPS) is 18.0. The molecule has 1 aliphatic carbocycles. The summed E-state index contributed by atoms with van der Waals surface area (Å²) >= 11 is 0. The molecule has 0 atom stereocenters. The van der Waals surface area contributed by atoms with E-state index in [1.54, 1.807) is 7.11 Å². The molecule has 26 heavy (non-hydrogen) atoms. The number of urea groups is 1. The molecule has 0 bridgehead atoms. The maximum Gasteiger partial charge on any atom is 0.317 e. The minimum absolute atomic E-state index is 0.0298. The van der Waals surface area contributed by atoms with Crippen LogP contribution in [0, 0.1) is 0 Å². The minimum atomic E-state index is 0.0298. The second-order valence-electron chi connectivity index (χ2n) is 7.15. The first-order chi connectivity index (χ1) is 12.7. The van der Waals surface area contributed by atoms with Gasteiger partial charge < -0.3 is 19.9 Å². The summed E-state index contributed by atoms with van der Waals surface area (Å²) in [5, 5.41) is 3.12. The summed E-state index contributed by atoms with van der Waals surface area (Å²) in [5.41, 5.74) is 1.13. The van der Waals surface area contributed by atoms with Gasteiger partial charge in [-0.05, 0) is 37.0 Å². The molecule has 1 N–H and O–H groups in total. The van der Waals surface area contributed by atoms with Crippen LogP contribution < -0.4 is 10.1 Å². The van der Waals surface area contributed by atoms with E-state index in [0.29, 0.717) is 38.6 Å². The summed E-state index contributed by atoms with van der Waals surface area (Å²) in [6.45, 7) is 2.48. The van der Waals surface area contributed by atoms with E-state index in [9.17, 15) is 9.59 Å². The summed E-state index contributed by atoms with van der Waals surface area (Å²) in [7, 11) is 1.65. The Morgan fingerprint density at radius 2 is 1.65 bits per heavy atom. The van der Waals surface area contributed by atoms with Gasteiger partial charge in [-0.2, -0.15) is 0 Å². The lowest BCUT2D eigenvalue weighted by atomic mass is 10.1. The highest BCUT2D eigenvalue weighted by atomic mass is 16.5. The third kappa shape index (κ3) is 4.90. The number of hydrogen-bond acceptors (Lipinski definition) is 3. The highest BCUT2D eigenvalue weighted by Crippen LogP contribution is 2.18. The number of rotatable bonds is 5. The fourth-order valence-corrected chi connectivity index (χ4v) is 3.70. The van der Waals surface area contributed by atoms with Gasteiger partial charge in [-0.1, -0.05) is 25.0 Å². The molecule has 1 saturated heterocycles. The molecule has 6 nitrogen and oxygen atoms in total. The maximum absolute atomic E-state index is 12.4. The summed E-state index contributed by atoms with van der Waals surface area (Å²) in [6.07, 6.45) is 5.83. The zero-order chi connectivity index (χ0) is 18.4. The van der Waals surface area contributed by atoms with Crippen molar-refractivity contribution in [2.24, 2.45) is 0 Å². The average Bonchev–Trinajstić information content (AvgIpc) is 3.19. The van der Waals surface area contributed by atoms with Gasteiger partial charge in [0.15, 0.2) is 0 Å². The van der Waals surface area contributed by atoms with Crippen LogP contribution in [0.15, 0.2) is 24.3 Å². The number of aryl methyl sites for hydroxylation is 1. The van der Waals surface area contributed by atoms with E-state index in [1.165, 1.54) is 12.8 Å². The second-order valence-corrected chi connectivity index (χ2v) is 7.15. The Morgan fingerprint density at radius 3 is 2.27 bits per heavy atom. The molecule has 3 amide bonds. The van der Waals surface area contributed by atoms with E-state index in [4.69, 9.17) is 4.74 Å². The molecule has 2 aliphatic rings. The third-order valence-electron chi connectivity index (χ3n) is 5.39. The largest absolute Gasteiger partial charge is 0.497 e. The smallest absolute Gasteiger partial charge is 0.317 e. The molecule has 1 aromatic carbocycles. The number of amides is 3. The van der Waals surface area contributed by atoms with Crippen LogP contribution in [-0.4, -0.2) is 61.1 Å². The van der Waals surface area contributed by atoms with Crippen LogP contribution in [0.4, 0.5) is 4.79 Å². The van der Waals surface area contributed by atoms with Gasteiger partial charge in [-0.3, -0.25) is 4.79 Å². The number of carbonyl (C=O) groups is 2. The minimum Gasteiger partial charge on any atom is -0.497 e. The van der Waals surface area contributed by atoms with Crippen LogP contribution in [0.2, 0.25) is 0 Å². The standard InChI is InChI=1S/C20H29N3O3/c1-26-18-9-6-16(7-10-18)8-11-19(24)22-12-14-23(15-13-22)20(25)21-17-4-2-3-5-17/h6-7,9-10,17H,2-5,8,11-15H2,1H3,(H,21,25). The Balaban J connectivity index is 1.39. The number of carbonyl (C=O) groups excluding carboxylic acids is 2. The SMILES string of the molecule is COc1ccc(CCC(=O)N2CCN(C(=O)NC3CCCC3)CC2)cc1. The van der Waals surface area contributed by atoms with Crippen molar-refractivity contribution < 1.29 is 14.3 Å². The lowest BCUT2D eigenvalue weighted by Gasteiger charge is -2.35. The Hall–Kier alpha value is -2.24. The number of nitrogens with zero attached hydrogens (tertiary/aromatic N) is 2. The Bertz CT molecular complexity index is 603. The van der Waals surface area contributed by atoms with Gasteiger partial charge in [0.2, 0.25) is 5.91 Å². The molecule has 3 rings (SSSR count). The molecular weight excluding hydrogens is 330 g/mol. The van der Waals surface area contributed by atoms with Crippen LogP contribution in [-0.2, 0) is 11.2 Å². The molecule has 1 heterocycles. The van der Waals surface area contributed by atoms with Crippen LogP contribution in [0.3, 0.4) is 0 Å². The van der Waals surface area contributed by atoms with Gasteiger partial charge in [-0.25, -0.2) is 4.79 Å². The molecule has 0 spiro atoms. The number of benzene rings is 1. The molecule has 2 fully saturated rings. The first kappa shape index (κ1) is 18.5. The van der Waals surface area contributed by atoms with E-state index >= 15 is 0 Å². The molecule has 1 aromatic rings. The lowest BCUT2D eigenvalue weighted by molar-refractivity contribution is -0.132. The van der Waals surface area contributed by atoms with E-state index in [-0.39, 0.29) is 11.9 Å². The molecule has 142 valence electrons. The Labute approximate surface area is 155 Å². The van der Waals surface area contributed by atoms with E-state index < -0.39 is 0 Å². The van der Waals surface area contributed by atoms with Gasteiger partial charge in [-0.15, -0.1) is 0 Å². The van der Waals surface area contributed by atoms with Crippen molar-refractivity contribution in [3.05, 3.63) is 29.8 Å². The van der Waals surface area contributed by atoms with Crippen LogP contribution in [0.25, 0.3) is 0 Å². The topological polar surface area (TPSA) is 61.9 Å². The summed E-state index contributed by atoms with van der Waals surface area (Å²) in [6, 6.07) is 8.20. The molecular formula is C20H29N3O3. The van der Waals surface area contributed by atoms with Crippen molar-refractivity contribution in [1.29, 1.82) is 0 Å². The first-order valence-electron chi connectivity index (χ1n) is 9.62. The predicted molar refractivity (Wildman–Crippen MR) is 100 cm³/mol. The highest BCUT2D eigenvalue weighted by molar-refractivity contribution is 5.78. The zero-order valence-corrected chi connectivity index (χ0v) is 15.6. The van der Waals surface area contributed by atoms with Crippen LogP contribution in [0.5, 0.6) is 5.75 Å². The van der Waals surface area contributed by atoms with Gasteiger partial charge in [0.25, 0.3) is 0 Å². The van der Waals surface area contributed by atoms with E-state index in [1.807, 2.05) is 34.1 Å². The molecule has 1 aliphatic heterocycles. The fourth-order valence-electron chi connectivity index (χ4n) is 3.70. The lowest BCUT2D eigenvalue weighted by Crippen LogP contribution is -2.54. The summed E-state index contributed by atoms with van der Waals surface area (Å²) in [4.78, 5) is 28.4. The van der Waals surface area contributed by atoms with Crippen molar-refractivity contribution in [3.63, 3.8) is 0 Å². The van der Waals surface area contributed by atoms with Crippen molar-refractivity contribution in [2.75, 3.05) is 33.3 Å². The van der Waals surface area contributed by atoms with Crippen LogP contribution >= 0.6 is 0 Å². The quantitative estimate of drug-likeness (QED) is 0.878. The first-order valence-corrected chi connectivity index (χ1v) is 9.62. The van der Waals surface area contributed by atoms with Crippen LogP contribution in [0.1, 0.15) is 37.7 Å². The molecule has 0 aromatic heterocycles. The number of methoxy groups -OCH3 is 1. The number of ether oxygens (including phenoxy) is 1.